The summed E-state index contributed by atoms with van der Waals surface area (Å²) in [5.74, 6) is 1.20. The molecule has 0 heterocycles. The van der Waals surface area contributed by atoms with Gasteiger partial charge in [0.25, 0.3) is 0 Å². The molecule has 4 nitrogen and oxygen atoms in total. The number of ether oxygens (including phenoxy) is 1. The summed E-state index contributed by atoms with van der Waals surface area (Å²) in [5.41, 5.74) is 6.60. The number of benzene rings is 1. The largest absolute Gasteiger partial charge is 0.492 e. The highest BCUT2D eigenvalue weighted by molar-refractivity contribution is 5.76. The third-order valence-electron chi connectivity index (χ3n) is 3.05. The van der Waals surface area contributed by atoms with Crippen molar-refractivity contribution in [3.8, 4) is 5.75 Å². The predicted octanol–water partition coefficient (Wildman–Crippen LogP) is 3.23. The Bertz CT molecular complexity index is 452. The van der Waals surface area contributed by atoms with Crippen molar-refractivity contribution in [2.24, 2.45) is 11.3 Å². The molecule has 0 saturated carbocycles. The molecule has 0 bridgehead atoms. The van der Waals surface area contributed by atoms with Gasteiger partial charge < -0.3 is 15.8 Å². The molecule has 1 atom stereocenters. The summed E-state index contributed by atoms with van der Waals surface area (Å²) in [5, 5.41) is 2.89. The zero-order valence-corrected chi connectivity index (χ0v) is 13.6. The fourth-order valence-corrected chi connectivity index (χ4v) is 2.47. The van der Waals surface area contributed by atoms with Crippen molar-refractivity contribution in [3.63, 3.8) is 0 Å². The fraction of sp³-hybridized carbons (Fsp3) is 0.588. The van der Waals surface area contributed by atoms with Gasteiger partial charge in [-0.05, 0) is 29.9 Å². The molecule has 1 unspecified atom stereocenters. The molecular weight excluding hydrogens is 264 g/mol. The normalized spacial score (nSPS) is 12.8. The van der Waals surface area contributed by atoms with Crippen LogP contribution in [-0.2, 0) is 4.79 Å². The van der Waals surface area contributed by atoms with Crippen LogP contribution in [0.1, 0.15) is 40.5 Å². The monoisotopic (exact) mass is 292 g/mol. The Hall–Kier alpha value is -1.71. The number of carbonyl (C=O) groups is 1. The van der Waals surface area contributed by atoms with Crippen LogP contribution < -0.4 is 15.8 Å². The molecule has 0 saturated heterocycles. The molecule has 1 aromatic rings. The van der Waals surface area contributed by atoms with Gasteiger partial charge in [-0.15, -0.1) is 0 Å². The lowest BCUT2D eigenvalue weighted by Gasteiger charge is -2.22. The van der Waals surface area contributed by atoms with E-state index < -0.39 is 0 Å². The third kappa shape index (κ3) is 8.23. The molecule has 0 aromatic heterocycles. The Labute approximate surface area is 128 Å². The standard InChI is InChI=1S/C17H28N2O2/c1-13(12-17(2,3)4)10-16(20)19-8-9-21-15-7-5-6-14(18)11-15/h5-7,11,13H,8-10,12,18H2,1-4H3,(H,19,20). The molecule has 21 heavy (non-hydrogen) atoms. The number of anilines is 1. The highest BCUT2D eigenvalue weighted by Crippen LogP contribution is 2.25. The summed E-state index contributed by atoms with van der Waals surface area (Å²) in [4.78, 5) is 11.8. The van der Waals surface area contributed by atoms with Gasteiger partial charge in [0.2, 0.25) is 5.91 Å². The van der Waals surface area contributed by atoms with E-state index in [0.717, 1.165) is 12.2 Å². The minimum atomic E-state index is 0.0860. The number of rotatable bonds is 7. The Morgan fingerprint density at radius 3 is 2.71 bits per heavy atom. The summed E-state index contributed by atoms with van der Waals surface area (Å²) in [6.45, 7) is 9.66. The van der Waals surface area contributed by atoms with Gasteiger partial charge in [-0.3, -0.25) is 4.79 Å². The molecule has 1 amide bonds. The second kappa shape index (κ2) is 7.91. The maximum Gasteiger partial charge on any atom is 0.220 e. The number of carbonyl (C=O) groups excluding carboxylic acids is 1. The van der Waals surface area contributed by atoms with E-state index >= 15 is 0 Å². The van der Waals surface area contributed by atoms with E-state index in [1.54, 1.807) is 6.07 Å². The molecule has 1 aromatic carbocycles. The van der Waals surface area contributed by atoms with E-state index in [-0.39, 0.29) is 11.3 Å². The molecule has 4 heteroatoms. The van der Waals surface area contributed by atoms with E-state index in [1.807, 2.05) is 18.2 Å². The molecule has 0 radical (unpaired) electrons. The molecule has 118 valence electrons. The summed E-state index contributed by atoms with van der Waals surface area (Å²) >= 11 is 0. The van der Waals surface area contributed by atoms with Gasteiger partial charge in [-0.1, -0.05) is 33.8 Å². The quantitative estimate of drug-likeness (QED) is 0.599. The van der Waals surface area contributed by atoms with Crippen molar-refractivity contribution in [2.45, 2.75) is 40.5 Å². The first-order valence-corrected chi connectivity index (χ1v) is 7.51. The lowest BCUT2D eigenvalue weighted by Crippen LogP contribution is -2.29. The molecule has 1 rings (SSSR count). The van der Waals surface area contributed by atoms with Crippen molar-refractivity contribution >= 4 is 11.6 Å². The number of amides is 1. The Kier molecular flexibility index (Phi) is 6.53. The van der Waals surface area contributed by atoms with Gasteiger partial charge in [0.05, 0.1) is 6.54 Å². The minimum Gasteiger partial charge on any atom is -0.492 e. The summed E-state index contributed by atoms with van der Waals surface area (Å²) < 4.78 is 5.53. The number of hydrogen-bond acceptors (Lipinski definition) is 3. The van der Waals surface area contributed by atoms with Crippen LogP contribution in [0.3, 0.4) is 0 Å². The first-order valence-electron chi connectivity index (χ1n) is 7.51. The van der Waals surface area contributed by atoms with Crippen LogP contribution in [0.5, 0.6) is 5.75 Å². The van der Waals surface area contributed by atoms with Crippen LogP contribution in [0.2, 0.25) is 0 Å². The summed E-state index contributed by atoms with van der Waals surface area (Å²) in [7, 11) is 0. The summed E-state index contributed by atoms with van der Waals surface area (Å²) in [6, 6.07) is 7.28. The van der Waals surface area contributed by atoms with Gasteiger partial charge in [0.15, 0.2) is 0 Å². The average molecular weight is 292 g/mol. The van der Waals surface area contributed by atoms with E-state index in [9.17, 15) is 4.79 Å². The van der Waals surface area contributed by atoms with Crippen molar-refractivity contribution < 1.29 is 9.53 Å². The molecular formula is C17H28N2O2. The number of nitrogens with one attached hydrogen (secondary N) is 1. The minimum absolute atomic E-state index is 0.0860. The van der Waals surface area contributed by atoms with Crippen LogP contribution >= 0.6 is 0 Å². The zero-order chi connectivity index (χ0) is 15.9. The van der Waals surface area contributed by atoms with Crippen molar-refractivity contribution in [3.05, 3.63) is 24.3 Å². The van der Waals surface area contributed by atoms with Crippen LogP contribution in [0.25, 0.3) is 0 Å². The molecule has 3 N–H and O–H groups in total. The smallest absolute Gasteiger partial charge is 0.220 e. The first-order chi connectivity index (χ1) is 9.76. The number of nitrogen functional groups attached to an aromatic ring is 1. The maximum absolute atomic E-state index is 11.8. The zero-order valence-electron chi connectivity index (χ0n) is 13.6. The third-order valence-corrected chi connectivity index (χ3v) is 3.05. The molecule has 0 aliphatic carbocycles. The fourth-order valence-electron chi connectivity index (χ4n) is 2.47. The van der Waals surface area contributed by atoms with Crippen molar-refractivity contribution in [2.75, 3.05) is 18.9 Å². The number of hydrogen-bond donors (Lipinski definition) is 2. The second-order valence-electron chi connectivity index (χ2n) is 6.84. The van der Waals surface area contributed by atoms with E-state index in [2.05, 4.69) is 33.0 Å². The van der Waals surface area contributed by atoms with Gasteiger partial charge in [0, 0.05) is 18.2 Å². The van der Waals surface area contributed by atoms with Crippen LogP contribution in [-0.4, -0.2) is 19.1 Å². The molecule has 0 aliphatic rings. The molecule has 0 aliphatic heterocycles. The SMILES string of the molecule is CC(CC(=O)NCCOc1cccc(N)c1)CC(C)(C)C. The van der Waals surface area contributed by atoms with Crippen LogP contribution in [0, 0.1) is 11.3 Å². The highest BCUT2D eigenvalue weighted by Gasteiger charge is 2.17. The Balaban J connectivity index is 2.19. The second-order valence-corrected chi connectivity index (χ2v) is 6.84. The van der Waals surface area contributed by atoms with Crippen molar-refractivity contribution in [1.82, 2.24) is 5.32 Å². The maximum atomic E-state index is 11.8. The topological polar surface area (TPSA) is 64.3 Å². The lowest BCUT2D eigenvalue weighted by molar-refractivity contribution is -0.122. The Morgan fingerprint density at radius 1 is 1.38 bits per heavy atom. The first kappa shape index (κ1) is 17.3. The van der Waals surface area contributed by atoms with Crippen LogP contribution in [0.15, 0.2) is 24.3 Å². The molecule has 0 spiro atoms. The Morgan fingerprint density at radius 2 is 2.10 bits per heavy atom. The predicted molar refractivity (Wildman–Crippen MR) is 87.2 cm³/mol. The van der Waals surface area contributed by atoms with E-state index in [0.29, 0.717) is 31.2 Å². The molecule has 0 fully saturated rings. The summed E-state index contributed by atoms with van der Waals surface area (Å²) in [6.07, 6.45) is 1.61. The van der Waals surface area contributed by atoms with E-state index in [1.165, 1.54) is 0 Å². The highest BCUT2D eigenvalue weighted by atomic mass is 16.5. The van der Waals surface area contributed by atoms with Gasteiger partial charge in [0.1, 0.15) is 12.4 Å². The van der Waals surface area contributed by atoms with Crippen LogP contribution in [0.4, 0.5) is 5.69 Å². The van der Waals surface area contributed by atoms with Gasteiger partial charge in [-0.25, -0.2) is 0 Å². The van der Waals surface area contributed by atoms with Crippen molar-refractivity contribution in [1.29, 1.82) is 0 Å². The lowest BCUT2D eigenvalue weighted by atomic mass is 9.84. The van der Waals surface area contributed by atoms with Gasteiger partial charge in [-0.2, -0.15) is 0 Å². The van der Waals surface area contributed by atoms with E-state index in [4.69, 9.17) is 10.5 Å². The van der Waals surface area contributed by atoms with Gasteiger partial charge >= 0.3 is 0 Å². The average Bonchev–Trinajstić information content (AvgIpc) is 2.32. The number of nitrogens with two attached hydrogens (primary N) is 1.